The molecular formula is C24H21FN6O3S. The molecule has 0 unspecified atom stereocenters. The van der Waals surface area contributed by atoms with Crippen molar-refractivity contribution in [1.82, 2.24) is 24.6 Å². The normalized spacial score (nSPS) is 12.0. The molecular weight excluding hydrogens is 471 g/mol. The van der Waals surface area contributed by atoms with E-state index in [2.05, 4.69) is 20.0 Å². The molecule has 4 aromatic rings. The summed E-state index contributed by atoms with van der Waals surface area (Å²) in [6.07, 6.45) is 4.05. The summed E-state index contributed by atoms with van der Waals surface area (Å²) in [6, 6.07) is 8.08. The molecule has 5 rings (SSSR count). The molecule has 2 amide bonds. The number of nitrogens with zero attached hydrogens (tertiary/aromatic N) is 5. The summed E-state index contributed by atoms with van der Waals surface area (Å²) < 4.78 is 21.6. The Balaban J connectivity index is 1.69. The number of thiazole rings is 1. The molecule has 0 fully saturated rings. The molecule has 1 aliphatic rings. The molecule has 9 nitrogen and oxygen atoms in total. The Morgan fingerprint density at radius 1 is 1.23 bits per heavy atom. The standard InChI is InChI=1S/C24H21FN6O3S/c1-30(2)22(32)13-6-9-18(16(25)11-13)31-20-15(19(29-31)14-5-4-10-26-12-14)7-8-17-21(20)35-23(27-17)28-24(33)34-3/h4-6,9-12H,7-8H2,1-3H3,(H,27,28,33). The van der Waals surface area contributed by atoms with Crippen LogP contribution in [0.5, 0.6) is 0 Å². The largest absolute Gasteiger partial charge is 0.453 e. The van der Waals surface area contributed by atoms with Crippen LogP contribution in [0.25, 0.3) is 27.5 Å². The number of benzene rings is 1. The molecule has 0 bridgehead atoms. The Morgan fingerprint density at radius 2 is 2.06 bits per heavy atom. The summed E-state index contributed by atoms with van der Waals surface area (Å²) in [5.74, 6) is -0.873. The van der Waals surface area contributed by atoms with Crippen molar-refractivity contribution in [2.24, 2.45) is 0 Å². The number of nitrogens with one attached hydrogen (secondary N) is 1. The van der Waals surface area contributed by atoms with Gasteiger partial charge in [0.05, 0.1) is 29.1 Å². The van der Waals surface area contributed by atoms with Crippen molar-refractivity contribution >= 4 is 28.5 Å². The molecule has 1 aliphatic carbocycles. The highest BCUT2D eigenvalue weighted by molar-refractivity contribution is 7.19. The van der Waals surface area contributed by atoms with Crippen molar-refractivity contribution in [2.45, 2.75) is 12.8 Å². The number of amides is 2. The second-order valence-electron chi connectivity index (χ2n) is 8.11. The first kappa shape index (κ1) is 22.7. The van der Waals surface area contributed by atoms with E-state index in [4.69, 9.17) is 5.10 Å². The van der Waals surface area contributed by atoms with Gasteiger partial charge in [-0.25, -0.2) is 18.9 Å². The zero-order valence-electron chi connectivity index (χ0n) is 19.2. The third kappa shape index (κ3) is 4.03. The molecule has 35 heavy (non-hydrogen) atoms. The second-order valence-corrected chi connectivity index (χ2v) is 9.11. The van der Waals surface area contributed by atoms with Gasteiger partial charge in [-0.15, -0.1) is 0 Å². The number of hydrogen-bond donors (Lipinski definition) is 1. The topological polar surface area (TPSA) is 102 Å². The molecule has 11 heteroatoms. The summed E-state index contributed by atoms with van der Waals surface area (Å²) in [4.78, 5) is 35.0. The van der Waals surface area contributed by atoms with Crippen LogP contribution in [-0.4, -0.2) is 57.9 Å². The Morgan fingerprint density at radius 3 is 2.74 bits per heavy atom. The molecule has 0 aliphatic heterocycles. The number of anilines is 1. The second kappa shape index (κ2) is 8.91. The predicted octanol–water partition coefficient (Wildman–Crippen LogP) is 4.18. The fourth-order valence-corrected chi connectivity index (χ4v) is 5.10. The Hall–Kier alpha value is -4.12. The first-order chi connectivity index (χ1) is 16.9. The number of ether oxygens (including phenoxy) is 1. The number of halogens is 1. The quantitative estimate of drug-likeness (QED) is 0.459. The minimum Gasteiger partial charge on any atom is -0.453 e. The summed E-state index contributed by atoms with van der Waals surface area (Å²) in [7, 11) is 4.51. The molecule has 1 N–H and O–H groups in total. The van der Waals surface area contributed by atoms with Crippen LogP contribution in [0.1, 0.15) is 21.6 Å². The number of carbonyl (C=O) groups excluding carboxylic acids is 2. The summed E-state index contributed by atoms with van der Waals surface area (Å²) in [6.45, 7) is 0. The van der Waals surface area contributed by atoms with E-state index < -0.39 is 11.9 Å². The molecule has 0 radical (unpaired) electrons. The van der Waals surface area contributed by atoms with E-state index in [0.717, 1.165) is 21.7 Å². The van der Waals surface area contributed by atoms with Crippen LogP contribution in [-0.2, 0) is 17.6 Å². The third-order valence-electron chi connectivity index (χ3n) is 5.67. The lowest BCUT2D eigenvalue weighted by Gasteiger charge is -2.15. The van der Waals surface area contributed by atoms with Crippen molar-refractivity contribution in [1.29, 1.82) is 0 Å². The van der Waals surface area contributed by atoms with Crippen molar-refractivity contribution in [2.75, 3.05) is 26.5 Å². The van der Waals surface area contributed by atoms with Crippen LogP contribution in [0, 0.1) is 5.82 Å². The van der Waals surface area contributed by atoms with Crippen molar-refractivity contribution < 1.29 is 18.7 Å². The van der Waals surface area contributed by atoms with Gasteiger partial charge < -0.3 is 9.64 Å². The summed E-state index contributed by atoms with van der Waals surface area (Å²) >= 11 is 1.27. The molecule has 178 valence electrons. The van der Waals surface area contributed by atoms with Gasteiger partial charge in [-0.3, -0.25) is 15.1 Å². The maximum absolute atomic E-state index is 15.4. The van der Waals surface area contributed by atoms with Gasteiger partial charge in [0, 0.05) is 43.2 Å². The highest BCUT2D eigenvalue weighted by atomic mass is 32.1. The minimum atomic E-state index is -0.618. The lowest BCUT2D eigenvalue weighted by atomic mass is 9.95. The van der Waals surface area contributed by atoms with Crippen molar-refractivity contribution in [3.05, 3.63) is 65.4 Å². The van der Waals surface area contributed by atoms with Crippen LogP contribution in [0.3, 0.4) is 0 Å². The number of rotatable bonds is 4. The molecule has 0 spiro atoms. The lowest BCUT2D eigenvalue weighted by Crippen LogP contribution is -2.22. The predicted molar refractivity (Wildman–Crippen MR) is 129 cm³/mol. The molecule has 3 heterocycles. The van der Waals surface area contributed by atoms with E-state index in [9.17, 15) is 9.59 Å². The van der Waals surface area contributed by atoms with Crippen LogP contribution < -0.4 is 5.32 Å². The minimum absolute atomic E-state index is 0.204. The number of hydrogen-bond acceptors (Lipinski definition) is 7. The van der Waals surface area contributed by atoms with E-state index in [0.29, 0.717) is 29.4 Å². The van der Waals surface area contributed by atoms with Crippen LogP contribution in [0.4, 0.5) is 14.3 Å². The zero-order valence-corrected chi connectivity index (χ0v) is 20.0. The van der Waals surface area contributed by atoms with Crippen molar-refractivity contribution in [3.63, 3.8) is 0 Å². The fourth-order valence-electron chi connectivity index (χ4n) is 4.04. The number of aromatic nitrogens is 4. The van der Waals surface area contributed by atoms with Crippen LogP contribution >= 0.6 is 11.3 Å². The summed E-state index contributed by atoms with van der Waals surface area (Å²) in [5, 5.41) is 7.79. The first-order valence-electron chi connectivity index (χ1n) is 10.8. The molecule has 3 aromatic heterocycles. The van der Waals surface area contributed by atoms with E-state index in [1.165, 1.54) is 29.4 Å². The van der Waals surface area contributed by atoms with Gasteiger partial charge >= 0.3 is 6.09 Å². The monoisotopic (exact) mass is 492 g/mol. The van der Waals surface area contributed by atoms with E-state index in [1.54, 1.807) is 43.3 Å². The van der Waals surface area contributed by atoms with E-state index in [-0.39, 0.29) is 17.2 Å². The highest BCUT2D eigenvalue weighted by Crippen LogP contribution is 2.44. The zero-order chi connectivity index (χ0) is 24.7. The highest BCUT2D eigenvalue weighted by Gasteiger charge is 2.31. The van der Waals surface area contributed by atoms with Gasteiger partial charge in [0.1, 0.15) is 11.5 Å². The van der Waals surface area contributed by atoms with Crippen LogP contribution in [0.2, 0.25) is 0 Å². The molecule has 0 saturated heterocycles. The molecule has 0 atom stereocenters. The van der Waals surface area contributed by atoms with E-state index >= 15 is 4.39 Å². The van der Waals surface area contributed by atoms with Crippen molar-refractivity contribution in [3.8, 4) is 27.5 Å². The van der Waals surface area contributed by atoms with Crippen LogP contribution in [0.15, 0.2) is 42.7 Å². The van der Waals surface area contributed by atoms with E-state index in [1.807, 2.05) is 12.1 Å². The molecule has 0 saturated carbocycles. The third-order valence-corrected chi connectivity index (χ3v) is 6.69. The fraction of sp³-hybridized carbons (Fsp3) is 0.208. The first-order valence-corrected chi connectivity index (χ1v) is 11.6. The average Bonchev–Trinajstić information content (AvgIpc) is 3.44. The van der Waals surface area contributed by atoms with Gasteiger partial charge in [-0.1, -0.05) is 11.3 Å². The smallest absolute Gasteiger partial charge is 0.413 e. The maximum Gasteiger partial charge on any atom is 0.413 e. The number of methoxy groups -OCH3 is 1. The van der Waals surface area contributed by atoms with Gasteiger partial charge in [-0.2, -0.15) is 5.10 Å². The Bertz CT molecular complexity index is 1450. The SMILES string of the molecule is COC(=O)Nc1nc2c(s1)-c1c(c(-c3cccnc3)nn1-c1ccc(C(=O)N(C)C)cc1F)CC2. The van der Waals surface area contributed by atoms with Gasteiger partial charge in [0.15, 0.2) is 5.13 Å². The number of carbonyl (C=O) groups is 2. The average molecular weight is 493 g/mol. The Labute approximate surface area is 204 Å². The molecule has 1 aromatic carbocycles. The lowest BCUT2D eigenvalue weighted by molar-refractivity contribution is 0.0827. The van der Waals surface area contributed by atoms with Gasteiger partial charge in [-0.05, 0) is 43.2 Å². The van der Waals surface area contributed by atoms with Gasteiger partial charge in [0.2, 0.25) is 0 Å². The van der Waals surface area contributed by atoms with Gasteiger partial charge in [0.25, 0.3) is 5.91 Å². The number of pyridine rings is 1. The number of aryl methyl sites for hydroxylation is 1. The maximum atomic E-state index is 15.4. The number of fused-ring (bicyclic) bond motifs is 3. The summed E-state index contributed by atoms with van der Waals surface area (Å²) in [5.41, 5.74) is 4.37. The Kier molecular flexibility index (Phi) is 5.77.